The van der Waals surface area contributed by atoms with Crippen molar-refractivity contribution in [2.75, 3.05) is 18.2 Å². The summed E-state index contributed by atoms with van der Waals surface area (Å²) in [6.45, 7) is 4.47. The monoisotopic (exact) mass is 473 g/mol. The van der Waals surface area contributed by atoms with Crippen LogP contribution in [0.2, 0.25) is 0 Å². The van der Waals surface area contributed by atoms with Gasteiger partial charge in [-0.1, -0.05) is 19.9 Å². The largest absolute Gasteiger partial charge is 0.505 e. The Bertz CT molecular complexity index is 1300. The van der Waals surface area contributed by atoms with E-state index < -0.39 is 13.1 Å². The molecule has 0 amide bonds. The van der Waals surface area contributed by atoms with Crippen LogP contribution in [0.25, 0.3) is 10.6 Å². The van der Waals surface area contributed by atoms with Crippen LogP contribution in [0.4, 0.5) is 11.4 Å². The van der Waals surface area contributed by atoms with Crippen molar-refractivity contribution in [3.8, 4) is 16.3 Å². The Kier molecular flexibility index (Phi) is 5.94. The molecule has 9 nitrogen and oxygen atoms in total. The highest BCUT2D eigenvalue weighted by atomic mass is 32.1. The van der Waals surface area contributed by atoms with E-state index in [1.807, 2.05) is 17.5 Å². The molecule has 0 fully saturated rings. The molecule has 168 valence electrons. The van der Waals surface area contributed by atoms with Gasteiger partial charge in [0.2, 0.25) is 0 Å². The number of benzene rings is 1. The van der Waals surface area contributed by atoms with Crippen molar-refractivity contribution >= 4 is 41.4 Å². The van der Waals surface area contributed by atoms with Gasteiger partial charge < -0.3 is 20.7 Å². The van der Waals surface area contributed by atoms with Crippen LogP contribution in [0.1, 0.15) is 25.8 Å². The van der Waals surface area contributed by atoms with E-state index in [0.29, 0.717) is 34.0 Å². The second-order valence-corrected chi connectivity index (χ2v) is 10.8. The fourth-order valence-electron chi connectivity index (χ4n) is 3.36. The molecule has 0 saturated heterocycles. The maximum absolute atomic E-state index is 13.5. The van der Waals surface area contributed by atoms with E-state index in [0.717, 1.165) is 6.42 Å². The van der Waals surface area contributed by atoms with Crippen LogP contribution in [-0.2, 0) is 15.6 Å². The number of hydrogen-bond donors (Lipinski definition) is 3. The van der Waals surface area contributed by atoms with Crippen LogP contribution in [-0.4, -0.2) is 27.8 Å². The fourth-order valence-corrected chi connectivity index (χ4v) is 5.62. The van der Waals surface area contributed by atoms with E-state index in [1.165, 1.54) is 29.2 Å². The van der Waals surface area contributed by atoms with Crippen LogP contribution in [0.5, 0.6) is 5.75 Å². The van der Waals surface area contributed by atoms with Gasteiger partial charge in [-0.15, -0.1) is 11.3 Å². The molecule has 0 spiro atoms. The smallest absolute Gasteiger partial charge is 0.348 e. The summed E-state index contributed by atoms with van der Waals surface area (Å²) in [4.78, 5) is 14.1. The zero-order chi connectivity index (χ0) is 23.0. The summed E-state index contributed by atoms with van der Waals surface area (Å²) >= 11 is 1.39. The van der Waals surface area contributed by atoms with E-state index in [-0.39, 0.29) is 22.8 Å². The number of thiophene rings is 1. The lowest BCUT2D eigenvalue weighted by Gasteiger charge is -2.25. The molecule has 0 radical (unpaired) electrons. The minimum atomic E-state index is -3.73. The first-order valence-corrected chi connectivity index (χ1v) is 12.5. The van der Waals surface area contributed by atoms with E-state index >= 15 is 0 Å². The van der Waals surface area contributed by atoms with Crippen LogP contribution in [0.15, 0.2) is 45.3 Å². The van der Waals surface area contributed by atoms with Gasteiger partial charge in [0.25, 0.3) is 5.56 Å². The molecule has 11 heteroatoms. The molecule has 1 aromatic carbocycles. The Labute approximate surface area is 189 Å². The second kappa shape index (κ2) is 8.54. The average Bonchev–Trinajstić information content (AvgIpc) is 3.28. The SMILES string of the molecule is COP1(=O)N=C(c2c(O)c(-c3cccs3)nn(CCC(C)C)c2=O)Nc2ccc(N)cc21. The maximum atomic E-state index is 13.5. The van der Waals surface area contributed by atoms with Crippen molar-refractivity contribution in [1.29, 1.82) is 0 Å². The van der Waals surface area contributed by atoms with Crippen molar-refractivity contribution in [2.45, 2.75) is 26.8 Å². The predicted octanol–water partition coefficient (Wildman–Crippen LogP) is 3.64. The van der Waals surface area contributed by atoms with Crippen molar-refractivity contribution in [3.05, 3.63) is 51.6 Å². The number of amidine groups is 1. The molecule has 1 aliphatic heterocycles. The fraction of sp³-hybridized carbons (Fsp3) is 0.286. The summed E-state index contributed by atoms with van der Waals surface area (Å²) in [5.74, 6) is -0.0122. The van der Waals surface area contributed by atoms with Gasteiger partial charge in [-0.25, -0.2) is 4.68 Å². The number of aromatic nitrogens is 2. The van der Waals surface area contributed by atoms with Gasteiger partial charge in [0.15, 0.2) is 11.6 Å². The first-order chi connectivity index (χ1) is 15.2. The molecule has 0 saturated carbocycles. The summed E-state index contributed by atoms with van der Waals surface area (Å²) in [6.07, 6.45) is 0.722. The number of aromatic hydroxyl groups is 1. The molecule has 3 heterocycles. The Balaban J connectivity index is 1.94. The highest BCUT2D eigenvalue weighted by Gasteiger charge is 2.35. The molecule has 0 aliphatic carbocycles. The summed E-state index contributed by atoms with van der Waals surface area (Å²) in [5, 5.41) is 20.7. The molecule has 0 bridgehead atoms. The third kappa shape index (κ3) is 3.97. The lowest BCUT2D eigenvalue weighted by Crippen LogP contribution is -2.35. The van der Waals surface area contributed by atoms with Gasteiger partial charge in [-0.3, -0.25) is 9.36 Å². The summed E-state index contributed by atoms with van der Waals surface area (Å²) < 4.78 is 24.3. The number of nitrogens with one attached hydrogen (secondary N) is 1. The van der Waals surface area contributed by atoms with Crippen molar-refractivity contribution in [2.24, 2.45) is 10.7 Å². The van der Waals surface area contributed by atoms with Gasteiger partial charge in [-0.2, -0.15) is 9.86 Å². The first-order valence-electron chi connectivity index (χ1n) is 10.0. The van der Waals surface area contributed by atoms with E-state index in [9.17, 15) is 14.5 Å². The molecular formula is C21H24N5O4PS. The molecule has 1 unspecified atom stereocenters. The number of hydrogen-bond acceptors (Lipinski definition) is 8. The lowest BCUT2D eigenvalue weighted by molar-refractivity contribution is 0.404. The van der Waals surface area contributed by atoms with Crippen LogP contribution in [0, 0.1) is 5.92 Å². The zero-order valence-electron chi connectivity index (χ0n) is 17.9. The normalized spacial score (nSPS) is 17.7. The minimum absolute atomic E-state index is 0.0338. The third-order valence-corrected chi connectivity index (χ3v) is 7.91. The van der Waals surface area contributed by atoms with Crippen LogP contribution >= 0.6 is 18.9 Å². The number of nitrogens with two attached hydrogens (primary N) is 1. The zero-order valence-corrected chi connectivity index (χ0v) is 19.6. The molecule has 3 aromatic rings. The van der Waals surface area contributed by atoms with Gasteiger partial charge in [0.05, 0.1) is 15.9 Å². The Morgan fingerprint density at radius 3 is 2.78 bits per heavy atom. The number of aryl methyl sites for hydroxylation is 1. The Hall–Kier alpha value is -2.94. The summed E-state index contributed by atoms with van der Waals surface area (Å²) in [7, 11) is -2.44. The molecule has 32 heavy (non-hydrogen) atoms. The standard InChI is InChI=1S/C21H24N5O4PS/c1-12(2)8-9-26-21(28)17(19(27)18(24-26)16-5-4-10-32-16)20-23-14-7-6-13(22)11-15(14)31(29,25-20)30-3/h4-7,10-12,27H,8-9,22H2,1-3H3,(H,23,25,29). The topological polar surface area (TPSA) is 132 Å². The summed E-state index contributed by atoms with van der Waals surface area (Å²) in [6, 6.07) is 8.44. The van der Waals surface area contributed by atoms with Gasteiger partial charge in [0.1, 0.15) is 11.3 Å². The molecular weight excluding hydrogens is 449 g/mol. The second-order valence-electron chi connectivity index (χ2n) is 7.81. The Morgan fingerprint density at radius 2 is 2.12 bits per heavy atom. The number of anilines is 2. The first kappa shape index (κ1) is 22.3. The van der Waals surface area contributed by atoms with Crippen molar-refractivity contribution in [1.82, 2.24) is 9.78 Å². The number of nitrogen functional groups attached to an aromatic ring is 1. The number of rotatable bonds is 6. The van der Waals surface area contributed by atoms with Gasteiger partial charge in [-0.05, 0) is 42.0 Å². The maximum Gasteiger partial charge on any atom is 0.348 e. The lowest BCUT2D eigenvalue weighted by atomic mass is 10.1. The minimum Gasteiger partial charge on any atom is -0.505 e. The van der Waals surface area contributed by atoms with Gasteiger partial charge >= 0.3 is 7.52 Å². The quantitative estimate of drug-likeness (QED) is 0.368. The number of nitrogens with zero attached hydrogens (tertiary/aromatic N) is 3. The van der Waals surface area contributed by atoms with E-state index in [4.69, 9.17) is 10.3 Å². The van der Waals surface area contributed by atoms with E-state index in [2.05, 4.69) is 29.0 Å². The van der Waals surface area contributed by atoms with Crippen molar-refractivity contribution < 1.29 is 14.2 Å². The summed E-state index contributed by atoms with van der Waals surface area (Å²) in [5.41, 5.74) is 6.32. The van der Waals surface area contributed by atoms with Crippen molar-refractivity contribution in [3.63, 3.8) is 0 Å². The highest BCUT2D eigenvalue weighted by Crippen LogP contribution is 2.51. The highest BCUT2D eigenvalue weighted by molar-refractivity contribution is 7.66. The van der Waals surface area contributed by atoms with Gasteiger partial charge in [0, 0.05) is 19.3 Å². The van der Waals surface area contributed by atoms with E-state index in [1.54, 1.807) is 12.1 Å². The molecule has 4 rings (SSSR count). The molecule has 2 aromatic heterocycles. The molecule has 4 N–H and O–H groups in total. The third-order valence-electron chi connectivity index (χ3n) is 5.10. The average molecular weight is 473 g/mol. The Morgan fingerprint density at radius 1 is 1.34 bits per heavy atom. The predicted molar refractivity (Wildman–Crippen MR) is 128 cm³/mol. The van der Waals surface area contributed by atoms with Crippen LogP contribution in [0.3, 0.4) is 0 Å². The van der Waals surface area contributed by atoms with Crippen LogP contribution < -0.4 is 21.9 Å². The molecule has 1 atom stereocenters. The number of fused-ring (bicyclic) bond motifs is 1. The molecule has 1 aliphatic rings.